The summed E-state index contributed by atoms with van der Waals surface area (Å²) in [4.78, 5) is 82.5. The summed E-state index contributed by atoms with van der Waals surface area (Å²) in [6, 6.07) is 33.7. The molecule has 2 saturated heterocycles. The third kappa shape index (κ3) is 12.3. The number of carbonyl (C=O) groups excluding carboxylic acids is 6. The van der Waals surface area contributed by atoms with Gasteiger partial charge in [-0.25, -0.2) is 9.80 Å². The fraction of sp³-hybridized carbons (Fsp3) is 0.348. The quantitative estimate of drug-likeness (QED) is 0.0966. The zero-order chi connectivity index (χ0) is 42.4. The van der Waals surface area contributed by atoms with Gasteiger partial charge in [0.15, 0.2) is 13.5 Å². The third-order valence-electron chi connectivity index (χ3n) is 10.7. The van der Waals surface area contributed by atoms with Crippen molar-refractivity contribution in [1.82, 2.24) is 19.6 Å². The first-order chi connectivity index (χ1) is 29.0. The van der Waals surface area contributed by atoms with Crippen molar-refractivity contribution in [2.75, 3.05) is 39.6 Å². The monoisotopic (exact) mass is 818 g/mol. The van der Waals surface area contributed by atoms with Crippen LogP contribution in [0.15, 0.2) is 109 Å². The minimum absolute atomic E-state index is 0.0656. The van der Waals surface area contributed by atoms with Crippen LogP contribution in [0.25, 0.3) is 0 Å². The molecule has 0 N–H and O–H groups in total. The van der Waals surface area contributed by atoms with Crippen molar-refractivity contribution in [2.45, 2.75) is 64.8 Å². The highest BCUT2D eigenvalue weighted by molar-refractivity contribution is 6.00. The summed E-state index contributed by atoms with van der Waals surface area (Å²) in [7, 11) is 0. The van der Waals surface area contributed by atoms with E-state index in [-0.39, 0.29) is 39.0 Å². The summed E-state index contributed by atoms with van der Waals surface area (Å²) >= 11 is 0. The Morgan fingerprint density at radius 3 is 1.15 bits per heavy atom. The molecule has 0 bridgehead atoms. The number of esters is 2. The number of carbonyl (C=O) groups is 6. The van der Waals surface area contributed by atoms with E-state index in [9.17, 15) is 28.8 Å². The van der Waals surface area contributed by atoms with Crippen molar-refractivity contribution in [3.05, 3.63) is 131 Å². The normalized spacial score (nSPS) is 16.0. The molecule has 2 unspecified atom stereocenters. The van der Waals surface area contributed by atoms with Crippen molar-refractivity contribution in [2.24, 2.45) is 0 Å². The van der Waals surface area contributed by atoms with Gasteiger partial charge in [-0.15, -0.1) is 0 Å². The van der Waals surface area contributed by atoms with Gasteiger partial charge in [0.25, 0.3) is 0 Å². The summed E-state index contributed by atoms with van der Waals surface area (Å²) in [6.45, 7) is 3.12. The number of hydrogen-bond acceptors (Lipinski definition) is 12. The van der Waals surface area contributed by atoms with Gasteiger partial charge in [0, 0.05) is 24.9 Å². The van der Waals surface area contributed by atoms with Gasteiger partial charge in [-0.3, -0.25) is 38.6 Å². The Balaban J connectivity index is 0.868. The van der Waals surface area contributed by atoms with Crippen LogP contribution in [0.1, 0.15) is 48.9 Å². The van der Waals surface area contributed by atoms with Crippen molar-refractivity contribution < 1.29 is 47.7 Å². The van der Waals surface area contributed by atoms with Gasteiger partial charge in [0.05, 0.1) is 26.2 Å². The molecule has 2 atom stereocenters. The lowest BCUT2D eigenvalue weighted by Crippen LogP contribution is -2.63. The van der Waals surface area contributed by atoms with Crippen LogP contribution in [0.4, 0.5) is 0 Å². The predicted octanol–water partition coefficient (Wildman–Crippen LogP) is 4.53. The number of nitrogens with zero attached hydrogens (tertiary/aromatic N) is 4. The Kier molecular flexibility index (Phi) is 15.2. The van der Waals surface area contributed by atoms with E-state index in [1.165, 1.54) is 0 Å². The first kappa shape index (κ1) is 43.2. The predicted molar refractivity (Wildman–Crippen MR) is 219 cm³/mol. The Hall–Kier alpha value is -6.38. The van der Waals surface area contributed by atoms with Crippen molar-refractivity contribution in [3.8, 4) is 11.5 Å². The number of rotatable bonds is 19. The van der Waals surface area contributed by atoms with Gasteiger partial charge < -0.3 is 18.9 Å². The molecule has 2 fully saturated rings. The average Bonchev–Trinajstić information content (AvgIpc) is 3.26. The minimum Gasteiger partial charge on any atom is -0.489 e. The fourth-order valence-corrected chi connectivity index (χ4v) is 6.80. The second-order valence-corrected chi connectivity index (χ2v) is 14.8. The molecule has 14 heteroatoms. The lowest BCUT2D eigenvalue weighted by molar-refractivity contribution is -0.169. The SMILES string of the molecule is CC(C(C)N1CC(=O)N(COC(=O)CCc2ccc(OCc3ccccc3)cc2)C(=O)C1)N1CC(=O)N(COC(=O)CCc2ccc(OCc3ccccc3)cc2)C(=O)C1. The zero-order valence-electron chi connectivity index (χ0n) is 33.9. The molecule has 4 aromatic carbocycles. The largest absolute Gasteiger partial charge is 0.489 e. The van der Waals surface area contributed by atoms with Crippen LogP contribution in [-0.4, -0.2) is 107 Å². The molecular formula is C46H50N4O10. The molecule has 0 radical (unpaired) electrons. The van der Waals surface area contributed by atoms with E-state index in [1.807, 2.05) is 123 Å². The molecule has 2 aliphatic heterocycles. The first-order valence-electron chi connectivity index (χ1n) is 20.0. The number of imide groups is 2. The van der Waals surface area contributed by atoms with Gasteiger partial charge in [0.1, 0.15) is 24.7 Å². The molecule has 0 saturated carbocycles. The van der Waals surface area contributed by atoms with E-state index < -0.39 is 61.1 Å². The Bertz CT molecular complexity index is 1910. The molecule has 0 aliphatic carbocycles. The molecule has 0 aromatic heterocycles. The van der Waals surface area contributed by atoms with Crippen LogP contribution in [0.2, 0.25) is 0 Å². The summed E-state index contributed by atoms with van der Waals surface area (Å²) in [5.74, 6) is -1.75. The summed E-state index contributed by atoms with van der Waals surface area (Å²) < 4.78 is 22.2. The van der Waals surface area contributed by atoms with Gasteiger partial charge >= 0.3 is 11.9 Å². The van der Waals surface area contributed by atoms with Crippen molar-refractivity contribution in [3.63, 3.8) is 0 Å². The van der Waals surface area contributed by atoms with Gasteiger partial charge in [-0.05, 0) is 73.2 Å². The van der Waals surface area contributed by atoms with Gasteiger partial charge in [0.2, 0.25) is 23.6 Å². The topological polar surface area (TPSA) is 152 Å². The highest BCUT2D eigenvalue weighted by Crippen LogP contribution is 2.20. The van der Waals surface area contributed by atoms with Crippen molar-refractivity contribution >= 4 is 35.6 Å². The van der Waals surface area contributed by atoms with Crippen LogP contribution < -0.4 is 9.47 Å². The number of aryl methyl sites for hydroxylation is 2. The summed E-state index contributed by atoms with van der Waals surface area (Å²) in [6.07, 6.45) is 0.957. The molecule has 2 aliphatic rings. The third-order valence-corrected chi connectivity index (χ3v) is 10.7. The average molecular weight is 819 g/mol. The van der Waals surface area contributed by atoms with Crippen LogP contribution >= 0.6 is 0 Å². The van der Waals surface area contributed by atoms with E-state index in [0.29, 0.717) is 37.6 Å². The maximum Gasteiger partial charge on any atom is 0.307 e. The smallest absolute Gasteiger partial charge is 0.307 e. The highest BCUT2D eigenvalue weighted by Gasteiger charge is 2.40. The van der Waals surface area contributed by atoms with E-state index >= 15 is 0 Å². The highest BCUT2D eigenvalue weighted by atomic mass is 16.6. The number of amides is 4. The first-order valence-corrected chi connectivity index (χ1v) is 20.0. The van der Waals surface area contributed by atoms with Crippen LogP contribution in [0.5, 0.6) is 11.5 Å². The number of piperazine rings is 2. The summed E-state index contributed by atoms with van der Waals surface area (Å²) in [5.41, 5.74) is 3.93. The maximum absolute atomic E-state index is 13.1. The molecule has 14 nitrogen and oxygen atoms in total. The Morgan fingerprint density at radius 2 is 0.817 bits per heavy atom. The number of benzene rings is 4. The maximum atomic E-state index is 13.1. The zero-order valence-corrected chi connectivity index (χ0v) is 33.9. The Labute approximate surface area is 349 Å². The minimum atomic E-state index is -0.542. The van der Waals surface area contributed by atoms with Crippen molar-refractivity contribution in [1.29, 1.82) is 0 Å². The molecule has 60 heavy (non-hydrogen) atoms. The molecule has 4 amide bonds. The van der Waals surface area contributed by atoms with Crippen LogP contribution in [0, 0.1) is 0 Å². The van der Waals surface area contributed by atoms with E-state index in [1.54, 1.807) is 9.80 Å². The second kappa shape index (κ2) is 21.0. The van der Waals surface area contributed by atoms with E-state index in [4.69, 9.17) is 18.9 Å². The van der Waals surface area contributed by atoms with E-state index in [2.05, 4.69) is 0 Å². The molecule has 6 rings (SSSR count). The second-order valence-electron chi connectivity index (χ2n) is 14.8. The van der Waals surface area contributed by atoms with Crippen LogP contribution in [0.3, 0.4) is 0 Å². The lowest BCUT2D eigenvalue weighted by atomic mass is 10.1. The molecule has 2 heterocycles. The van der Waals surface area contributed by atoms with Gasteiger partial charge in [-0.2, -0.15) is 0 Å². The molecule has 4 aromatic rings. The van der Waals surface area contributed by atoms with Crippen LogP contribution in [-0.2, 0) is 64.3 Å². The number of ether oxygens (including phenoxy) is 4. The van der Waals surface area contributed by atoms with Gasteiger partial charge in [-0.1, -0.05) is 84.9 Å². The molecule has 314 valence electrons. The van der Waals surface area contributed by atoms with E-state index in [0.717, 1.165) is 32.1 Å². The Morgan fingerprint density at radius 1 is 0.483 bits per heavy atom. The lowest BCUT2D eigenvalue weighted by Gasteiger charge is -2.43. The number of hydrogen-bond donors (Lipinski definition) is 0. The molecule has 0 spiro atoms. The summed E-state index contributed by atoms with van der Waals surface area (Å²) in [5, 5.41) is 0. The fourth-order valence-electron chi connectivity index (χ4n) is 6.80. The molecular weight excluding hydrogens is 769 g/mol. The standard InChI is InChI=1S/C46H50N4O10/c1-33(47-25-41(51)49(42(52)26-47)31-59-45(55)23-17-35-13-19-39(20-14-35)57-29-37-9-5-3-6-10-37)34(2)48-27-43(53)50(44(54)28-48)32-60-46(56)24-18-36-15-21-40(22-16-36)58-30-38-11-7-4-8-12-38/h3-16,19-22,33-34H,17-18,23-32H2,1-2H3.